The van der Waals surface area contributed by atoms with E-state index in [1.54, 1.807) is 6.20 Å². The Morgan fingerprint density at radius 3 is 2.83 bits per heavy atom. The molecule has 1 aliphatic heterocycles. The Morgan fingerprint density at radius 2 is 2.17 bits per heavy atom. The van der Waals surface area contributed by atoms with Crippen molar-refractivity contribution in [3.8, 4) is 0 Å². The lowest BCUT2D eigenvalue weighted by Gasteiger charge is -2.25. The summed E-state index contributed by atoms with van der Waals surface area (Å²) in [5.74, 6) is 1.83. The Bertz CT molecular complexity index is 879. The first-order valence-corrected chi connectivity index (χ1v) is 7.96. The second-order valence-corrected chi connectivity index (χ2v) is 5.84. The number of aromatic nitrogens is 4. The Kier molecular flexibility index (Phi) is 3.33. The van der Waals surface area contributed by atoms with Crippen molar-refractivity contribution in [1.29, 1.82) is 0 Å². The summed E-state index contributed by atoms with van der Waals surface area (Å²) in [6.07, 6.45) is 9.52. The fourth-order valence-electron chi connectivity index (χ4n) is 3.01. The quantitative estimate of drug-likeness (QED) is 0.804. The lowest BCUT2D eigenvalue weighted by molar-refractivity contribution is 0.922. The van der Waals surface area contributed by atoms with Crippen LogP contribution in [0.4, 0.5) is 5.82 Å². The van der Waals surface area contributed by atoms with Crippen molar-refractivity contribution in [2.45, 2.75) is 26.7 Å². The Balaban J connectivity index is 1.85. The highest BCUT2D eigenvalue weighted by atomic mass is 15.2. The molecule has 0 spiro atoms. The van der Waals surface area contributed by atoms with Crippen LogP contribution in [0, 0.1) is 6.92 Å². The summed E-state index contributed by atoms with van der Waals surface area (Å²) >= 11 is 0. The van der Waals surface area contributed by atoms with Crippen LogP contribution in [0.5, 0.6) is 0 Å². The zero-order valence-electron chi connectivity index (χ0n) is 13.4. The van der Waals surface area contributed by atoms with E-state index < -0.39 is 0 Å². The zero-order valence-corrected chi connectivity index (χ0v) is 13.4. The number of H-pyrrole nitrogens is 1. The van der Waals surface area contributed by atoms with E-state index in [-0.39, 0.29) is 0 Å². The summed E-state index contributed by atoms with van der Waals surface area (Å²) in [4.78, 5) is 19.4. The molecule has 0 saturated carbocycles. The van der Waals surface area contributed by atoms with Gasteiger partial charge < -0.3 is 9.88 Å². The molecule has 3 aromatic rings. The molecule has 0 aromatic carbocycles. The molecule has 4 rings (SSSR count). The van der Waals surface area contributed by atoms with Crippen LogP contribution in [-0.4, -0.2) is 26.5 Å². The first-order chi connectivity index (χ1) is 11.3. The fraction of sp³-hybridized carbons (Fsp3) is 0.278. The topological polar surface area (TPSA) is 57.7 Å². The standard InChI is InChI=1S/C18H19N5/c1-3-14-12(2)16-17(20-14)21-15(10-13-6-4-7-19-11-13)22-18(16)23-8-5-9-23/h4-8,11H,3,9-10H2,1-2H3,(H,20,21,22). The van der Waals surface area contributed by atoms with Gasteiger partial charge in [0.05, 0.1) is 5.39 Å². The van der Waals surface area contributed by atoms with Gasteiger partial charge in [0.1, 0.15) is 17.3 Å². The molecule has 116 valence electrons. The second kappa shape index (κ2) is 5.50. The monoisotopic (exact) mass is 305 g/mol. The van der Waals surface area contributed by atoms with Crippen molar-refractivity contribution >= 4 is 16.9 Å². The van der Waals surface area contributed by atoms with Crippen molar-refractivity contribution < 1.29 is 0 Å². The molecule has 5 heteroatoms. The summed E-state index contributed by atoms with van der Waals surface area (Å²) < 4.78 is 0. The van der Waals surface area contributed by atoms with Gasteiger partial charge in [-0.25, -0.2) is 9.97 Å². The maximum Gasteiger partial charge on any atom is 0.146 e. The van der Waals surface area contributed by atoms with E-state index in [1.807, 2.05) is 12.3 Å². The SMILES string of the molecule is CCc1[nH]c2nc(Cc3cccnc3)nc(N3C=CC3)c2c1C. The molecule has 0 amide bonds. The van der Waals surface area contributed by atoms with Crippen molar-refractivity contribution in [2.24, 2.45) is 0 Å². The van der Waals surface area contributed by atoms with Gasteiger partial charge in [-0.15, -0.1) is 0 Å². The molecule has 1 N–H and O–H groups in total. The van der Waals surface area contributed by atoms with E-state index >= 15 is 0 Å². The molecule has 0 unspecified atom stereocenters. The van der Waals surface area contributed by atoms with E-state index in [0.29, 0.717) is 6.42 Å². The maximum absolute atomic E-state index is 4.84. The minimum absolute atomic E-state index is 0.688. The van der Waals surface area contributed by atoms with Crippen molar-refractivity contribution in [1.82, 2.24) is 19.9 Å². The van der Waals surface area contributed by atoms with Crippen LogP contribution >= 0.6 is 0 Å². The predicted molar refractivity (Wildman–Crippen MR) is 91.5 cm³/mol. The lowest BCUT2D eigenvalue weighted by atomic mass is 10.1. The number of pyridine rings is 1. The summed E-state index contributed by atoms with van der Waals surface area (Å²) in [6.45, 7) is 5.21. The molecular formula is C18H19N5. The third kappa shape index (κ3) is 2.38. The largest absolute Gasteiger partial charge is 0.343 e. The van der Waals surface area contributed by atoms with Crippen molar-refractivity contribution in [3.63, 3.8) is 0 Å². The molecule has 4 heterocycles. The van der Waals surface area contributed by atoms with Gasteiger partial charge in [-0.05, 0) is 36.6 Å². The summed E-state index contributed by atoms with van der Waals surface area (Å²) in [6, 6.07) is 4.00. The Hall–Kier alpha value is -2.69. The third-order valence-electron chi connectivity index (χ3n) is 4.33. The number of nitrogens with zero attached hydrogens (tertiary/aromatic N) is 4. The van der Waals surface area contributed by atoms with Crippen LogP contribution in [0.25, 0.3) is 11.0 Å². The first kappa shape index (κ1) is 13.9. The summed E-state index contributed by atoms with van der Waals surface area (Å²) in [5.41, 5.74) is 4.55. The van der Waals surface area contributed by atoms with Crippen LogP contribution in [-0.2, 0) is 12.8 Å². The highest BCUT2D eigenvalue weighted by molar-refractivity contribution is 5.92. The van der Waals surface area contributed by atoms with Gasteiger partial charge >= 0.3 is 0 Å². The summed E-state index contributed by atoms with van der Waals surface area (Å²) in [5, 5.41) is 1.14. The molecule has 0 radical (unpaired) electrons. The zero-order chi connectivity index (χ0) is 15.8. The normalized spacial score (nSPS) is 13.6. The van der Waals surface area contributed by atoms with E-state index in [0.717, 1.165) is 41.2 Å². The average molecular weight is 305 g/mol. The van der Waals surface area contributed by atoms with Gasteiger partial charge in [-0.3, -0.25) is 4.98 Å². The number of nitrogens with one attached hydrogen (secondary N) is 1. The molecule has 0 fully saturated rings. The summed E-state index contributed by atoms with van der Waals surface area (Å²) in [7, 11) is 0. The number of aromatic amines is 1. The minimum atomic E-state index is 0.688. The number of anilines is 1. The van der Waals surface area contributed by atoms with Gasteiger partial charge in [0, 0.05) is 37.3 Å². The molecule has 3 aromatic heterocycles. The first-order valence-electron chi connectivity index (χ1n) is 7.96. The molecule has 0 saturated heterocycles. The van der Waals surface area contributed by atoms with E-state index in [1.165, 1.54) is 11.3 Å². The maximum atomic E-state index is 4.84. The predicted octanol–water partition coefficient (Wildman–Crippen LogP) is 3.15. The minimum Gasteiger partial charge on any atom is -0.343 e. The van der Waals surface area contributed by atoms with Gasteiger partial charge in [0.15, 0.2) is 0 Å². The van der Waals surface area contributed by atoms with Crippen LogP contribution in [0.15, 0.2) is 36.8 Å². The smallest absolute Gasteiger partial charge is 0.146 e. The molecule has 1 aliphatic rings. The van der Waals surface area contributed by atoms with Crippen LogP contribution in [0.3, 0.4) is 0 Å². The number of hydrogen-bond acceptors (Lipinski definition) is 4. The van der Waals surface area contributed by atoms with E-state index in [4.69, 9.17) is 9.97 Å². The molecule has 0 aliphatic carbocycles. The molecule has 23 heavy (non-hydrogen) atoms. The average Bonchev–Trinajstić information content (AvgIpc) is 2.83. The second-order valence-electron chi connectivity index (χ2n) is 5.84. The van der Waals surface area contributed by atoms with Crippen LogP contribution in [0.2, 0.25) is 0 Å². The van der Waals surface area contributed by atoms with Crippen molar-refractivity contribution in [2.75, 3.05) is 11.4 Å². The Morgan fingerprint density at radius 1 is 1.30 bits per heavy atom. The number of aryl methyl sites for hydroxylation is 2. The number of rotatable bonds is 4. The van der Waals surface area contributed by atoms with Gasteiger partial charge in [-0.2, -0.15) is 0 Å². The molecule has 5 nitrogen and oxygen atoms in total. The highest BCUT2D eigenvalue weighted by Gasteiger charge is 2.20. The number of fused-ring (bicyclic) bond motifs is 1. The fourth-order valence-corrected chi connectivity index (χ4v) is 3.01. The van der Waals surface area contributed by atoms with Gasteiger partial charge in [0.25, 0.3) is 0 Å². The molecular weight excluding hydrogens is 286 g/mol. The number of hydrogen-bond donors (Lipinski definition) is 1. The van der Waals surface area contributed by atoms with Gasteiger partial charge in [-0.1, -0.05) is 13.0 Å². The molecule has 0 bridgehead atoms. The van der Waals surface area contributed by atoms with Crippen LogP contribution < -0.4 is 4.90 Å². The highest BCUT2D eigenvalue weighted by Crippen LogP contribution is 2.31. The van der Waals surface area contributed by atoms with Crippen molar-refractivity contribution in [3.05, 3.63) is 59.4 Å². The van der Waals surface area contributed by atoms with E-state index in [2.05, 4.69) is 47.1 Å². The lowest BCUT2D eigenvalue weighted by Crippen LogP contribution is -2.25. The third-order valence-corrected chi connectivity index (χ3v) is 4.33. The van der Waals surface area contributed by atoms with E-state index in [9.17, 15) is 0 Å². The van der Waals surface area contributed by atoms with Crippen LogP contribution in [0.1, 0.15) is 29.6 Å². The van der Waals surface area contributed by atoms with Gasteiger partial charge in [0.2, 0.25) is 0 Å². The molecule has 0 atom stereocenters. The Labute approximate surface area is 135 Å².